The molecule has 0 saturated carbocycles. The molecule has 0 heterocycles. The van der Waals surface area contributed by atoms with Gasteiger partial charge in [-0.15, -0.1) is 0 Å². The number of benzene rings is 3. The molecule has 0 aliphatic rings. The molecule has 3 aromatic carbocycles. The van der Waals surface area contributed by atoms with Crippen LogP contribution in [0, 0.1) is 19.7 Å². The molecule has 0 fully saturated rings. The van der Waals surface area contributed by atoms with Crippen LogP contribution < -0.4 is 14.4 Å². The maximum absolute atomic E-state index is 13.4. The van der Waals surface area contributed by atoms with E-state index in [0.717, 1.165) is 27.6 Å². The molecule has 0 radical (unpaired) electrons. The van der Waals surface area contributed by atoms with Gasteiger partial charge in [0.05, 0.1) is 17.7 Å². The predicted octanol–water partition coefficient (Wildman–Crippen LogP) is 4.29. The summed E-state index contributed by atoms with van der Waals surface area (Å²) in [6, 6.07) is 16.4. The topological polar surface area (TPSA) is 75.7 Å². The fraction of sp³-hybridized carbons (Fsp3) is 0.174. The van der Waals surface area contributed by atoms with Gasteiger partial charge in [0.2, 0.25) is 5.91 Å². The van der Waals surface area contributed by atoms with Gasteiger partial charge >= 0.3 is 0 Å². The molecule has 0 aliphatic heterocycles. The van der Waals surface area contributed by atoms with Crippen molar-refractivity contribution in [1.29, 1.82) is 0 Å². The van der Waals surface area contributed by atoms with Crippen molar-refractivity contribution in [3.8, 4) is 5.75 Å². The minimum atomic E-state index is -4.11. The minimum absolute atomic E-state index is 0.0162. The van der Waals surface area contributed by atoms with Crippen LogP contribution in [0.2, 0.25) is 0 Å². The molecule has 6 nitrogen and oxygen atoms in total. The number of hydrogen-bond acceptors (Lipinski definition) is 4. The molecule has 1 amide bonds. The van der Waals surface area contributed by atoms with Gasteiger partial charge in [0.1, 0.15) is 18.1 Å². The summed E-state index contributed by atoms with van der Waals surface area (Å²) in [4.78, 5) is 12.8. The summed E-state index contributed by atoms with van der Waals surface area (Å²) in [5.74, 6) is -0.524. The van der Waals surface area contributed by atoms with Gasteiger partial charge < -0.3 is 10.1 Å². The number of aryl methyl sites for hydroxylation is 2. The van der Waals surface area contributed by atoms with E-state index in [9.17, 15) is 17.6 Å². The van der Waals surface area contributed by atoms with Gasteiger partial charge in [-0.25, -0.2) is 12.8 Å². The molecule has 3 rings (SSSR count). The van der Waals surface area contributed by atoms with E-state index in [4.69, 9.17) is 4.74 Å². The zero-order valence-corrected chi connectivity index (χ0v) is 18.2. The smallest absolute Gasteiger partial charge is 0.264 e. The lowest BCUT2D eigenvalue weighted by Crippen LogP contribution is -2.38. The molecule has 0 atom stereocenters. The number of anilines is 2. The van der Waals surface area contributed by atoms with E-state index in [1.165, 1.54) is 43.5 Å². The molecular weight excluding hydrogens is 419 g/mol. The molecule has 1 N–H and O–H groups in total. The summed E-state index contributed by atoms with van der Waals surface area (Å²) in [5, 5.41) is 2.79. The molecule has 162 valence electrons. The SMILES string of the molecule is COc1ccc(S(=O)(=O)N(CC(=O)Nc2c(C)cccc2C)c2ccc(F)cc2)cc1. The van der Waals surface area contributed by atoms with E-state index in [-0.39, 0.29) is 10.6 Å². The first-order valence-electron chi connectivity index (χ1n) is 9.51. The third kappa shape index (κ3) is 5.03. The summed E-state index contributed by atoms with van der Waals surface area (Å²) in [6.07, 6.45) is 0. The van der Waals surface area contributed by atoms with Gasteiger partial charge in [-0.2, -0.15) is 0 Å². The van der Waals surface area contributed by atoms with E-state index in [1.807, 2.05) is 32.0 Å². The number of halogens is 1. The van der Waals surface area contributed by atoms with E-state index >= 15 is 0 Å². The Morgan fingerprint density at radius 3 is 2.10 bits per heavy atom. The Bertz CT molecular complexity index is 1160. The number of ether oxygens (including phenoxy) is 1. The normalized spacial score (nSPS) is 11.1. The number of carbonyl (C=O) groups is 1. The minimum Gasteiger partial charge on any atom is -0.497 e. The standard InChI is InChI=1S/C23H23FN2O4S/c1-16-5-4-6-17(2)23(16)25-22(27)15-26(19-9-7-18(24)8-10-19)31(28,29)21-13-11-20(30-3)12-14-21/h4-14H,15H2,1-3H3,(H,25,27). The first-order chi connectivity index (χ1) is 14.7. The summed E-state index contributed by atoms with van der Waals surface area (Å²) < 4.78 is 46.2. The summed E-state index contributed by atoms with van der Waals surface area (Å²) >= 11 is 0. The lowest BCUT2D eigenvalue weighted by molar-refractivity contribution is -0.114. The second-order valence-corrected chi connectivity index (χ2v) is 8.84. The van der Waals surface area contributed by atoms with Gasteiger partial charge in [-0.3, -0.25) is 9.10 Å². The van der Waals surface area contributed by atoms with Crippen LogP contribution in [0.25, 0.3) is 0 Å². The van der Waals surface area contributed by atoms with Gasteiger partial charge in [-0.1, -0.05) is 18.2 Å². The Hall–Kier alpha value is -3.39. The fourth-order valence-electron chi connectivity index (χ4n) is 3.12. The second kappa shape index (κ2) is 9.18. The third-order valence-electron chi connectivity index (χ3n) is 4.79. The van der Waals surface area contributed by atoms with Crippen molar-refractivity contribution in [3.05, 3.63) is 83.7 Å². The lowest BCUT2D eigenvalue weighted by atomic mass is 10.1. The monoisotopic (exact) mass is 442 g/mol. The number of nitrogens with one attached hydrogen (secondary N) is 1. The molecule has 0 saturated heterocycles. The largest absolute Gasteiger partial charge is 0.497 e. The highest BCUT2D eigenvalue weighted by Crippen LogP contribution is 2.26. The van der Waals surface area contributed by atoms with E-state index < -0.39 is 28.3 Å². The lowest BCUT2D eigenvalue weighted by Gasteiger charge is -2.24. The fourth-order valence-corrected chi connectivity index (χ4v) is 4.54. The van der Waals surface area contributed by atoms with E-state index in [1.54, 1.807) is 0 Å². The summed E-state index contributed by atoms with van der Waals surface area (Å²) in [6.45, 7) is 3.23. The Labute approximate surface area is 181 Å². The van der Waals surface area contributed by atoms with Crippen LogP contribution in [0.3, 0.4) is 0 Å². The van der Waals surface area contributed by atoms with Crippen LogP contribution in [0.15, 0.2) is 71.6 Å². The van der Waals surface area contributed by atoms with Gasteiger partial charge in [0.15, 0.2) is 0 Å². The average molecular weight is 443 g/mol. The number of nitrogens with zero attached hydrogens (tertiary/aromatic N) is 1. The van der Waals surface area contributed by atoms with Crippen LogP contribution in [0.1, 0.15) is 11.1 Å². The van der Waals surface area contributed by atoms with Crippen molar-refractivity contribution in [2.75, 3.05) is 23.3 Å². The van der Waals surface area contributed by atoms with E-state index in [0.29, 0.717) is 11.4 Å². The van der Waals surface area contributed by atoms with Crippen molar-refractivity contribution in [2.45, 2.75) is 18.7 Å². The second-order valence-electron chi connectivity index (χ2n) is 6.98. The molecule has 0 aromatic heterocycles. The Morgan fingerprint density at radius 2 is 1.55 bits per heavy atom. The molecule has 0 bridgehead atoms. The average Bonchev–Trinajstić information content (AvgIpc) is 2.75. The van der Waals surface area contributed by atoms with Crippen LogP contribution in [-0.2, 0) is 14.8 Å². The molecule has 31 heavy (non-hydrogen) atoms. The van der Waals surface area contributed by atoms with Crippen LogP contribution >= 0.6 is 0 Å². The van der Waals surface area contributed by atoms with Gasteiger partial charge in [-0.05, 0) is 73.5 Å². The number of rotatable bonds is 7. The highest BCUT2D eigenvalue weighted by atomic mass is 32.2. The highest BCUT2D eigenvalue weighted by molar-refractivity contribution is 7.92. The quantitative estimate of drug-likeness (QED) is 0.592. The molecule has 3 aromatic rings. The van der Waals surface area contributed by atoms with Crippen LogP contribution in [-0.4, -0.2) is 28.0 Å². The highest BCUT2D eigenvalue weighted by Gasteiger charge is 2.27. The first-order valence-corrected chi connectivity index (χ1v) is 10.9. The molecule has 0 spiro atoms. The first kappa shape index (κ1) is 22.3. The van der Waals surface area contributed by atoms with Crippen molar-refractivity contribution < 1.29 is 22.3 Å². The number of carbonyl (C=O) groups excluding carboxylic acids is 1. The van der Waals surface area contributed by atoms with Crippen molar-refractivity contribution in [3.63, 3.8) is 0 Å². The Kier molecular flexibility index (Phi) is 6.60. The summed E-state index contributed by atoms with van der Waals surface area (Å²) in [7, 11) is -2.63. The van der Waals surface area contributed by atoms with Gasteiger partial charge in [0.25, 0.3) is 10.0 Å². The van der Waals surface area contributed by atoms with Gasteiger partial charge in [0, 0.05) is 5.69 Å². The van der Waals surface area contributed by atoms with E-state index in [2.05, 4.69) is 5.32 Å². The number of hydrogen-bond donors (Lipinski definition) is 1. The number of methoxy groups -OCH3 is 1. The Morgan fingerprint density at radius 1 is 0.968 bits per heavy atom. The van der Waals surface area contributed by atoms with Crippen LogP contribution in [0.5, 0.6) is 5.75 Å². The van der Waals surface area contributed by atoms with Crippen molar-refractivity contribution in [2.24, 2.45) is 0 Å². The van der Waals surface area contributed by atoms with Crippen LogP contribution in [0.4, 0.5) is 15.8 Å². The Balaban J connectivity index is 1.96. The maximum atomic E-state index is 13.4. The van der Waals surface area contributed by atoms with Crippen molar-refractivity contribution >= 4 is 27.3 Å². The number of sulfonamides is 1. The number of para-hydroxylation sites is 1. The zero-order valence-electron chi connectivity index (χ0n) is 17.4. The molecule has 0 unspecified atom stereocenters. The zero-order chi connectivity index (χ0) is 22.6. The number of amides is 1. The maximum Gasteiger partial charge on any atom is 0.264 e. The third-order valence-corrected chi connectivity index (χ3v) is 6.58. The predicted molar refractivity (Wildman–Crippen MR) is 118 cm³/mol. The van der Waals surface area contributed by atoms with Crippen molar-refractivity contribution in [1.82, 2.24) is 0 Å². The molecular formula is C23H23FN2O4S. The molecule has 8 heteroatoms. The summed E-state index contributed by atoms with van der Waals surface area (Å²) in [5.41, 5.74) is 2.53. The molecule has 0 aliphatic carbocycles.